The molecule has 4 saturated carbocycles. The van der Waals surface area contributed by atoms with Crippen LogP contribution in [0.15, 0.2) is 23.3 Å². The van der Waals surface area contributed by atoms with Crippen molar-refractivity contribution in [1.29, 1.82) is 0 Å². The van der Waals surface area contributed by atoms with E-state index in [0.29, 0.717) is 37.7 Å². The predicted molar refractivity (Wildman–Crippen MR) is 290 cm³/mol. The molecule has 14 N–H and O–H groups in total. The van der Waals surface area contributed by atoms with Crippen molar-refractivity contribution in [2.75, 3.05) is 26.4 Å². The average Bonchev–Trinajstić information content (AvgIpc) is 0.681. The Bertz CT molecular complexity index is 2500. The second-order valence-corrected chi connectivity index (χ2v) is 27.2. The van der Waals surface area contributed by atoms with E-state index in [1.165, 1.54) is 13.8 Å². The first kappa shape index (κ1) is 67.4. The number of aliphatic hydroxyl groups is 13. The van der Waals surface area contributed by atoms with Crippen LogP contribution >= 0.6 is 0 Å². The van der Waals surface area contributed by atoms with E-state index >= 15 is 0 Å². The number of esters is 2. The largest absolute Gasteiger partial charge is 0.479 e. The van der Waals surface area contributed by atoms with Gasteiger partial charge in [0, 0.05) is 23.3 Å². The maximum absolute atomic E-state index is 13.4. The highest BCUT2D eigenvalue weighted by atomic mass is 16.8. The third kappa shape index (κ3) is 11.2. The van der Waals surface area contributed by atoms with Gasteiger partial charge in [-0.2, -0.15) is 0 Å². The van der Waals surface area contributed by atoms with E-state index in [4.69, 9.17) is 47.4 Å². The van der Waals surface area contributed by atoms with Crippen LogP contribution in [0.3, 0.4) is 0 Å². The molecular weight excluding hydrogens is 1140 g/mol. The van der Waals surface area contributed by atoms with E-state index in [0.717, 1.165) is 5.57 Å². The molecule has 0 spiro atoms. The molecule has 0 aromatic heterocycles. The lowest BCUT2D eigenvalue weighted by atomic mass is 9.35. The van der Waals surface area contributed by atoms with Crippen LogP contribution in [0.5, 0.6) is 0 Å². The van der Waals surface area contributed by atoms with Gasteiger partial charge in [0.2, 0.25) is 0 Å². The van der Waals surface area contributed by atoms with Gasteiger partial charge in [0.25, 0.3) is 0 Å². The van der Waals surface area contributed by atoms with Crippen molar-refractivity contribution in [2.45, 2.75) is 248 Å². The van der Waals surface area contributed by atoms with Crippen molar-refractivity contribution in [2.24, 2.45) is 50.7 Å². The molecule has 27 heteroatoms. The fourth-order valence-corrected chi connectivity index (χ4v) is 16.7. The number of aliphatic hydroxyl groups excluding tert-OH is 13. The Morgan fingerprint density at radius 2 is 1.30 bits per heavy atom. The van der Waals surface area contributed by atoms with Gasteiger partial charge in [-0.1, -0.05) is 52.3 Å². The number of carbonyl (C=O) groups excluding carboxylic acids is 2. The zero-order chi connectivity index (χ0) is 63.2. The molecule has 5 aliphatic carbocycles. The summed E-state index contributed by atoms with van der Waals surface area (Å²) in [5.41, 5.74) is -3.31. The molecule has 8 fully saturated rings. The number of carboxylic acid groups (broad SMARTS) is 1. The molecule has 27 nitrogen and oxygen atoms in total. The molecule has 1 unspecified atom stereocenters. The van der Waals surface area contributed by atoms with Gasteiger partial charge in [-0.05, 0) is 100 Å². The van der Waals surface area contributed by atoms with Crippen LogP contribution < -0.4 is 0 Å². The molecule has 4 saturated heterocycles. The summed E-state index contributed by atoms with van der Waals surface area (Å²) < 4.78 is 61.0. The number of rotatable bonds is 15. The highest BCUT2D eigenvalue weighted by Gasteiger charge is 2.73. The van der Waals surface area contributed by atoms with Crippen LogP contribution in [-0.2, 0) is 61.8 Å². The molecule has 0 radical (unpaired) electrons. The van der Waals surface area contributed by atoms with Crippen LogP contribution in [0.25, 0.3) is 0 Å². The number of aliphatic carboxylic acids is 1. The first-order chi connectivity index (χ1) is 40.3. The molecule has 9 rings (SSSR count). The molecule has 0 aromatic rings. The monoisotopic (exact) mass is 1230 g/mol. The lowest BCUT2D eigenvalue weighted by Crippen LogP contribution is -2.72. The minimum absolute atomic E-state index is 0.0694. The normalized spacial score (nSPS) is 51.2. The van der Waals surface area contributed by atoms with Gasteiger partial charge in [0.1, 0.15) is 91.6 Å². The number of carboxylic acids is 1. The van der Waals surface area contributed by atoms with Crippen LogP contribution in [0.2, 0.25) is 0 Å². The van der Waals surface area contributed by atoms with Crippen LogP contribution in [0, 0.1) is 50.7 Å². The summed E-state index contributed by atoms with van der Waals surface area (Å²) >= 11 is 0. The quantitative estimate of drug-likeness (QED) is 0.0357. The van der Waals surface area contributed by atoms with Crippen molar-refractivity contribution < 1.29 is 133 Å². The third-order valence-corrected chi connectivity index (χ3v) is 22.1. The van der Waals surface area contributed by atoms with E-state index in [1.54, 1.807) is 19.9 Å². The van der Waals surface area contributed by atoms with Crippen LogP contribution in [0.4, 0.5) is 0 Å². The van der Waals surface area contributed by atoms with Gasteiger partial charge in [-0.15, -0.1) is 0 Å². The van der Waals surface area contributed by atoms with E-state index < -0.39 is 218 Å². The highest BCUT2D eigenvalue weighted by Crippen LogP contribution is 2.74. The molecule has 4 aliphatic heterocycles. The molecule has 0 aromatic carbocycles. The maximum atomic E-state index is 13.4. The highest BCUT2D eigenvalue weighted by molar-refractivity contribution is 5.87. The first-order valence-electron chi connectivity index (χ1n) is 30.1. The third-order valence-electron chi connectivity index (χ3n) is 22.1. The molecule has 9 aliphatic rings. The number of ether oxygens (including phenoxy) is 10. The van der Waals surface area contributed by atoms with Crippen molar-refractivity contribution in [3.8, 4) is 0 Å². The zero-order valence-corrected chi connectivity index (χ0v) is 50.1. The lowest BCUT2D eigenvalue weighted by molar-refractivity contribution is -0.401. The number of hydrogen-bond acceptors (Lipinski definition) is 26. The molecule has 86 heavy (non-hydrogen) atoms. The second-order valence-electron chi connectivity index (χ2n) is 27.2. The number of hydrogen-bond donors (Lipinski definition) is 14. The fourth-order valence-electron chi connectivity index (χ4n) is 16.7. The standard InChI is InChI=1S/C59H92O27/c1-10-23(2)50(76)86-47-48(79-25(4)63)59(22-62)30(17-55(47,5)6)29-13-12-28-26-11-14-34(56(7,21-61)27(26)15-16-57(28,8)58(29,9)18-33(59)65)81-54-46(43(42(73)44(83-54)49(74)75)82-52-41(72)39(70)37(68)32(19-60)80-52)85-53-45(36(67)31(64)20-77-53)84-51-40(71)38(69)35(66)24(3)78-51/h10,13,24,26-28,30-48,51-54,60-62,64-73H,11-12,14-22H2,1-9H3,(H,74,75)/b23-10+/t24-,26+,27-,28-,30+,31-,32-,33-,34+,35-,36+,37-,38+,39+,40-,41-,42+,43+,44+,45-,46-,47+,48+,51+,52+,53+,54-,56?,57-,58-,59+/m1/s1. The molecule has 31 atom stereocenters. The summed E-state index contributed by atoms with van der Waals surface area (Å²) in [5, 5.41) is 156. The number of fused-ring (bicyclic) bond motifs is 7. The number of carbonyl (C=O) groups is 3. The Morgan fingerprint density at radius 1 is 0.663 bits per heavy atom. The van der Waals surface area contributed by atoms with Gasteiger partial charge in [0.05, 0.1) is 50.2 Å². The summed E-state index contributed by atoms with van der Waals surface area (Å²) in [7, 11) is 0. The summed E-state index contributed by atoms with van der Waals surface area (Å²) in [5.74, 6) is -4.01. The second kappa shape index (κ2) is 25.3. The van der Waals surface area contributed by atoms with Crippen molar-refractivity contribution in [3.63, 3.8) is 0 Å². The van der Waals surface area contributed by atoms with Crippen molar-refractivity contribution in [3.05, 3.63) is 23.3 Å². The minimum atomic E-state index is -2.26. The lowest BCUT2D eigenvalue weighted by Gasteiger charge is -2.70. The Balaban J connectivity index is 1.04. The van der Waals surface area contributed by atoms with Gasteiger partial charge in [-0.3, -0.25) is 4.79 Å². The van der Waals surface area contributed by atoms with E-state index in [2.05, 4.69) is 19.9 Å². The Kier molecular flexibility index (Phi) is 19.8. The first-order valence-corrected chi connectivity index (χ1v) is 30.1. The van der Waals surface area contributed by atoms with E-state index in [-0.39, 0.29) is 30.6 Å². The van der Waals surface area contributed by atoms with Gasteiger partial charge in [-0.25, -0.2) is 9.59 Å². The van der Waals surface area contributed by atoms with Gasteiger partial charge < -0.3 is 119 Å². The molecule has 4 heterocycles. The Labute approximate surface area is 498 Å². The smallest absolute Gasteiger partial charge is 0.335 e. The predicted octanol–water partition coefficient (Wildman–Crippen LogP) is -2.22. The van der Waals surface area contributed by atoms with Crippen LogP contribution in [-0.4, -0.2) is 257 Å². The molecule has 0 bridgehead atoms. The average molecular weight is 1230 g/mol. The van der Waals surface area contributed by atoms with E-state index in [1.807, 2.05) is 20.8 Å². The molecule has 490 valence electrons. The SMILES string of the molecule is C/C=C(\C)C(=O)O[C@H]1[C@H](OC(C)=O)[C@]2(CO)[C@H](O)C[C@]3(C)C(=CC[C@@H]4[C@H]5CC[C@H](O[C@@H]6O[C@H](C(=O)O)[C@@H](O)[C@H](O[C@@H]7O[C@H](CO)[C@@H](O)[C@H](O)[C@H]7O)[C@H]6O[C@@H]6OC[C@@H](O)[C@H](O)[C@H]6O[C@@H]6O[C@H](C)[C@@H](O)[C@H](O)[C@H]6O)C(C)(CO)[C@@H]5CC[C@]43C)[C@@H]2CC1(C)C. The Morgan fingerprint density at radius 3 is 1.92 bits per heavy atom. The summed E-state index contributed by atoms with van der Waals surface area (Å²) in [6.07, 6.45) is -33.5. The summed E-state index contributed by atoms with van der Waals surface area (Å²) in [6, 6.07) is 0. The molecular formula is C59H92O27. The van der Waals surface area contributed by atoms with Crippen LogP contribution in [0.1, 0.15) is 107 Å². The Hall–Kier alpha value is -2.95. The van der Waals surface area contributed by atoms with E-state index in [9.17, 15) is 85.9 Å². The summed E-state index contributed by atoms with van der Waals surface area (Å²) in [6.45, 7) is 13.4. The maximum Gasteiger partial charge on any atom is 0.335 e. The van der Waals surface area contributed by atoms with Crippen molar-refractivity contribution >= 4 is 17.9 Å². The minimum Gasteiger partial charge on any atom is -0.479 e. The topological polar surface area (TPSA) is 427 Å². The van der Waals surface area contributed by atoms with Gasteiger partial charge >= 0.3 is 17.9 Å². The zero-order valence-electron chi connectivity index (χ0n) is 50.1. The van der Waals surface area contributed by atoms with Crippen molar-refractivity contribution in [1.82, 2.24) is 0 Å². The molecule has 0 amide bonds. The number of allylic oxidation sites excluding steroid dienone is 3. The summed E-state index contributed by atoms with van der Waals surface area (Å²) in [4.78, 5) is 39.6. The van der Waals surface area contributed by atoms with Gasteiger partial charge in [0.15, 0.2) is 31.3 Å². The fraction of sp³-hybridized carbons (Fsp3) is 0.881.